The lowest BCUT2D eigenvalue weighted by Gasteiger charge is -2.22. The lowest BCUT2D eigenvalue weighted by atomic mass is 9.86. The van der Waals surface area contributed by atoms with Gasteiger partial charge in [0.15, 0.2) is 0 Å². The third kappa shape index (κ3) is 17.2. The molecule has 0 aliphatic carbocycles. The van der Waals surface area contributed by atoms with Gasteiger partial charge in [-0.3, -0.25) is 4.99 Å². The van der Waals surface area contributed by atoms with Gasteiger partial charge in [-0.15, -0.1) is 0 Å². The van der Waals surface area contributed by atoms with Crippen molar-refractivity contribution in [2.24, 2.45) is 15.4 Å². The van der Waals surface area contributed by atoms with E-state index in [1.807, 2.05) is 75.5 Å². The monoisotopic (exact) mass is 552 g/mol. The van der Waals surface area contributed by atoms with Crippen molar-refractivity contribution >= 4 is 11.4 Å². The first-order valence-electron chi connectivity index (χ1n) is 13.8. The molecule has 4 nitrogen and oxygen atoms in total. The van der Waals surface area contributed by atoms with Crippen LogP contribution >= 0.6 is 0 Å². The Kier molecular flexibility index (Phi) is 16.4. The molecule has 0 heterocycles. The van der Waals surface area contributed by atoms with Gasteiger partial charge in [-0.25, -0.2) is 4.99 Å². The summed E-state index contributed by atoms with van der Waals surface area (Å²) >= 11 is 0. The molecule has 0 aliphatic rings. The van der Waals surface area contributed by atoms with Gasteiger partial charge in [0.25, 0.3) is 0 Å². The highest BCUT2D eigenvalue weighted by atomic mass is 15.0. The van der Waals surface area contributed by atoms with Crippen molar-refractivity contribution in [3.8, 4) is 0 Å². The van der Waals surface area contributed by atoms with Gasteiger partial charge in [0.2, 0.25) is 0 Å². The molecule has 0 spiro atoms. The van der Waals surface area contributed by atoms with Crippen LogP contribution in [0.25, 0.3) is 0 Å². The van der Waals surface area contributed by atoms with E-state index < -0.39 is 0 Å². The van der Waals surface area contributed by atoms with Crippen molar-refractivity contribution in [3.63, 3.8) is 0 Å². The van der Waals surface area contributed by atoms with Crippen LogP contribution in [0.5, 0.6) is 0 Å². The van der Waals surface area contributed by atoms with Crippen molar-refractivity contribution in [1.29, 1.82) is 0 Å². The van der Waals surface area contributed by atoms with Gasteiger partial charge in [-0.1, -0.05) is 65.8 Å². The van der Waals surface area contributed by atoms with Gasteiger partial charge in [0.05, 0.1) is 17.1 Å². The summed E-state index contributed by atoms with van der Waals surface area (Å²) in [5, 5.41) is 6.80. The van der Waals surface area contributed by atoms with E-state index >= 15 is 0 Å². The molecule has 0 rings (SSSR count). The summed E-state index contributed by atoms with van der Waals surface area (Å²) in [6.07, 6.45) is 24.4. The third-order valence-corrected chi connectivity index (χ3v) is 5.36. The van der Waals surface area contributed by atoms with Crippen LogP contribution in [0.2, 0.25) is 0 Å². The molecule has 0 aromatic rings. The molecule has 0 saturated heterocycles. The van der Waals surface area contributed by atoms with Crippen molar-refractivity contribution in [2.75, 3.05) is 0 Å². The first-order valence-corrected chi connectivity index (χ1v) is 13.8. The molecule has 0 bridgehead atoms. The van der Waals surface area contributed by atoms with E-state index in [0.717, 1.165) is 34.1 Å². The van der Waals surface area contributed by atoms with Gasteiger partial charge < -0.3 is 10.6 Å². The molecular formula is C37H52N4. The van der Waals surface area contributed by atoms with E-state index in [0.29, 0.717) is 11.4 Å². The molecule has 0 aromatic heterocycles. The molecule has 0 aliphatic heterocycles. The number of rotatable bonds is 15. The van der Waals surface area contributed by atoms with Crippen molar-refractivity contribution in [2.45, 2.75) is 67.9 Å². The maximum absolute atomic E-state index is 4.67. The first-order chi connectivity index (χ1) is 19.1. The van der Waals surface area contributed by atoms with Crippen molar-refractivity contribution < 1.29 is 0 Å². The molecule has 0 aromatic carbocycles. The average Bonchev–Trinajstić information content (AvgIpc) is 2.88. The highest BCUT2D eigenvalue weighted by molar-refractivity contribution is 6.08. The van der Waals surface area contributed by atoms with Gasteiger partial charge in [-0.05, 0) is 119 Å². The average molecular weight is 553 g/mol. The fourth-order valence-corrected chi connectivity index (χ4v) is 3.34. The van der Waals surface area contributed by atoms with Gasteiger partial charge in [-0.2, -0.15) is 0 Å². The van der Waals surface area contributed by atoms with E-state index in [4.69, 9.17) is 0 Å². The highest BCUT2D eigenvalue weighted by Crippen LogP contribution is 2.26. The lowest BCUT2D eigenvalue weighted by molar-refractivity contribution is 0.473. The molecule has 4 heteroatoms. The standard InChI is InChI=1S/C37H52N4/c1-15-31(36(9,10)11)23-27-33(17-3)39-29(7)21-25-35(19-5)40-34(18-4)24-20-28(6)38-32(16-2)26-22-30(8)41-37(12,13)14/h15-27,38,41H,1-5H2,6-14H3/b25-21?,28-20+,30-22?,31-23+,32-26?,33-27+,34-24+,39-29?,40-35?. The maximum atomic E-state index is 4.67. The van der Waals surface area contributed by atoms with Crippen LogP contribution in [0.4, 0.5) is 0 Å². The van der Waals surface area contributed by atoms with Crippen molar-refractivity contribution in [3.05, 3.63) is 146 Å². The first kappa shape index (κ1) is 36.8. The highest BCUT2D eigenvalue weighted by Gasteiger charge is 2.13. The second-order valence-electron chi connectivity index (χ2n) is 11.5. The second-order valence-corrected chi connectivity index (χ2v) is 11.5. The van der Waals surface area contributed by atoms with Crippen LogP contribution in [0.15, 0.2) is 156 Å². The smallest absolute Gasteiger partial charge is 0.0631 e. The number of hydrogen-bond donors (Lipinski definition) is 2. The van der Waals surface area contributed by atoms with Crippen LogP contribution in [0, 0.1) is 5.41 Å². The number of allylic oxidation sites excluding steroid dienone is 16. The quantitative estimate of drug-likeness (QED) is 0.157. The molecule has 0 radical (unpaired) electrons. The zero-order chi connectivity index (χ0) is 31.6. The molecule has 220 valence electrons. The summed E-state index contributed by atoms with van der Waals surface area (Å²) in [6.45, 7) is 38.3. The third-order valence-electron chi connectivity index (χ3n) is 5.36. The molecule has 0 fully saturated rings. The van der Waals surface area contributed by atoms with Crippen LogP contribution in [-0.4, -0.2) is 17.0 Å². The van der Waals surface area contributed by atoms with Crippen LogP contribution < -0.4 is 10.6 Å². The summed E-state index contributed by atoms with van der Waals surface area (Å²) in [5.74, 6) is 0. The molecule has 2 N–H and O–H groups in total. The van der Waals surface area contributed by atoms with E-state index in [9.17, 15) is 0 Å². The minimum Gasteiger partial charge on any atom is -0.384 e. The maximum Gasteiger partial charge on any atom is 0.0631 e. The molecule has 41 heavy (non-hydrogen) atoms. The van der Waals surface area contributed by atoms with Crippen molar-refractivity contribution in [1.82, 2.24) is 10.6 Å². The van der Waals surface area contributed by atoms with Crippen LogP contribution in [0.1, 0.15) is 62.3 Å². The molecule has 0 atom stereocenters. The van der Waals surface area contributed by atoms with E-state index in [2.05, 4.69) is 95.1 Å². The van der Waals surface area contributed by atoms with Gasteiger partial charge in [0, 0.05) is 28.3 Å². The van der Waals surface area contributed by atoms with E-state index in [-0.39, 0.29) is 11.0 Å². The zero-order valence-electron chi connectivity index (χ0n) is 26.9. The molecule has 0 unspecified atom stereocenters. The Morgan fingerprint density at radius 1 is 0.585 bits per heavy atom. The number of hydrogen-bond acceptors (Lipinski definition) is 4. The van der Waals surface area contributed by atoms with Gasteiger partial charge >= 0.3 is 0 Å². The predicted molar refractivity (Wildman–Crippen MR) is 186 cm³/mol. The molecular weight excluding hydrogens is 500 g/mol. The fraction of sp³-hybridized carbons (Fsp3) is 0.297. The number of nitrogens with one attached hydrogen (secondary N) is 2. The minimum atomic E-state index is 0.00340. The SMILES string of the molecule is C=CC(=CC=C(C)NC(C)(C)C)N/C(C)=C/C=C(\C=C)N=C(C=C)C=CC(C)=N/C(C=C)=C/C=C(\C=C)C(C)(C)C. The fourth-order valence-electron chi connectivity index (χ4n) is 3.34. The second kappa shape index (κ2) is 18.2. The Bertz CT molecular complexity index is 1230. The lowest BCUT2D eigenvalue weighted by Crippen LogP contribution is -2.34. The topological polar surface area (TPSA) is 48.8 Å². The molecule has 0 saturated carbocycles. The van der Waals surface area contributed by atoms with E-state index in [1.54, 1.807) is 24.3 Å². The number of aliphatic imine (C=N–C) groups is 2. The summed E-state index contributed by atoms with van der Waals surface area (Å²) in [6, 6.07) is 0. The Balaban J connectivity index is 5.82. The summed E-state index contributed by atoms with van der Waals surface area (Å²) in [5.41, 5.74) is 6.99. The Morgan fingerprint density at radius 3 is 1.63 bits per heavy atom. The largest absolute Gasteiger partial charge is 0.384 e. The summed E-state index contributed by atoms with van der Waals surface area (Å²) < 4.78 is 0. The summed E-state index contributed by atoms with van der Waals surface area (Å²) in [7, 11) is 0. The Hall–Kier alpha value is -4.18. The number of nitrogens with zero attached hydrogens (tertiary/aromatic N) is 2. The van der Waals surface area contributed by atoms with Crippen LogP contribution in [0.3, 0.4) is 0 Å². The van der Waals surface area contributed by atoms with E-state index in [1.165, 1.54) is 0 Å². The normalized spacial score (nSPS) is 15.5. The Labute approximate surface area is 250 Å². The van der Waals surface area contributed by atoms with Crippen LogP contribution in [-0.2, 0) is 0 Å². The zero-order valence-corrected chi connectivity index (χ0v) is 26.9. The summed E-state index contributed by atoms with van der Waals surface area (Å²) in [4.78, 5) is 9.32. The van der Waals surface area contributed by atoms with Gasteiger partial charge in [0.1, 0.15) is 0 Å². The molecule has 0 amide bonds. The predicted octanol–water partition coefficient (Wildman–Crippen LogP) is 9.78. The Morgan fingerprint density at radius 2 is 1.15 bits per heavy atom. The minimum absolute atomic E-state index is 0.00340.